The highest BCUT2D eigenvalue weighted by atomic mass is 32.2. The summed E-state index contributed by atoms with van der Waals surface area (Å²) in [6.45, 7) is 0.388. The number of nitrogens with one attached hydrogen (secondary N) is 2. The Balaban J connectivity index is 1.23. The SMILES string of the molecule is O=C(CCc1ccc(-c2ccccc2)[nH]1)NCCN1C(=O)S/C(=C/c2ccccc2)C1=O. The van der Waals surface area contributed by atoms with Crippen molar-refractivity contribution >= 4 is 34.9 Å². The minimum atomic E-state index is -0.321. The van der Waals surface area contributed by atoms with Crippen molar-refractivity contribution < 1.29 is 14.4 Å². The van der Waals surface area contributed by atoms with Gasteiger partial charge in [-0.15, -0.1) is 0 Å². The zero-order chi connectivity index (χ0) is 22.3. The van der Waals surface area contributed by atoms with Crippen molar-refractivity contribution in [2.75, 3.05) is 13.1 Å². The molecule has 0 radical (unpaired) electrons. The molecule has 0 spiro atoms. The molecule has 0 bridgehead atoms. The van der Waals surface area contributed by atoms with Gasteiger partial charge in [0.25, 0.3) is 11.1 Å². The van der Waals surface area contributed by atoms with E-state index >= 15 is 0 Å². The molecule has 1 aliphatic heterocycles. The molecule has 2 heterocycles. The predicted octanol–water partition coefficient (Wildman–Crippen LogP) is 4.47. The lowest BCUT2D eigenvalue weighted by atomic mass is 10.2. The van der Waals surface area contributed by atoms with Crippen molar-refractivity contribution in [1.82, 2.24) is 15.2 Å². The van der Waals surface area contributed by atoms with Crippen LogP contribution in [-0.4, -0.2) is 40.0 Å². The number of hydrogen-bond donors (Lipinski definition) is 2. The van der Waals surface area contributed by atoms with E-state index in [9.17, 15) is 14.4 Å². The summed E-state index contributed by atoms with van der Waals surface area (Å²) < 4.78 is 0. The molecular weight excluding hydrogens is 422 g/mol. The fourth-order valence-electron chi connectivity index (χ4n) is 3.41. The van der Waals surface area contributed by atoms with E-state index in [4.69, 9.17) is 0 Å². The summed E-state index contributed by atoms with van der Waals surface area (Å²) in [7, 11) is 0. The number of carbonyl (C=O) groups excluding carboxylic acids is 3. The molecule has 2 aromatic carbocycles. The Morgan fingerprint density at radius 3 is 2.44 bits per heavy atom. The van der Waals surface area contributed by atoms with Crippen LogP contribution in [0.1, 0.15) is 17.7 Å². The second kappa shape index (κ2) is 10.2. The van der Waals surface area contributed by atoms with E-state index in [1.165, 1.54) is 4.90 Å². The van der Waals surface area contributed by atoms with Crippen molar-refractivity contribution in [3.05, 3.63) is 89.0 Å². The van der Waals surface area contributed by atoms with Gasteiger partial charge < -0.3 is 10.3 Å². The number of aromatic amines is 1. The Morgan fingerprint density at radius 1 is 0.969 bits per heavy atom. The maximum Gasteiger partial charge on any atom is 0.293 e. The van der Waals surface area contributed by atoms with E-state index in [1.807, 2.05) is 72.8 Å². The van der Waals surface area contributed by atoms with Gasteiger partial charge in [0.15, 0.2) is 0 Å². The van der Waals surface area contributed by atoms with Crippen LogP contribution in [-0.2, 0) is 16.0 Å². The Morgan fingerprint density at radius 2 is 1.69 bits per heavy atom. The van der Waals surface area contributed by atoms with Crippen LogP contribution in [0.4, 0.5) is 4.79 Å². The number of aryl methyl sites for hydroxylation is 1. The fourth-order valence-corrected chi connectivity index (χ4v) is 4.27. The van der Waals surface area contributed by atoms with Gasteiger partial charge in [0.05, 0.1) is 4.91 Å². The maximum absolute atomic E-state index is 12.5. The molecule has 0 atom stereocenters. The second-order valence-electron chi connectivity index (χ2n) is 7.36. The molecule has 6 nitrogen and oxygen atoms in total. The van der Waals surface area contributed by atoms with Gasteiger partial charge in [-0.3, -0.25) is 19.3 Å². The molecule has 0 unspecified atom stereocenters. The number of rotatable bonds is 8. The highest BCUT2D eigenvalue weighted by Gasteiger charge is 2.34. The molecular formula is C25H23N3O3S. The van der Waals surface area contributed by atoms with Crippen LogP contribution in [0.15, 0.2) is 77.7 Å². The number of thioether (sulfide) groups is 1. The van der Waals surface area contributed by atoms with E-state index < -0.39 is 0 Å². The van der Waals surface area contributed by atoms with Crippen molar-refractivity contribution in [2.24, 2.45) is 0 Å². The number of amides is 3. The molecule has 7 heteroatoms. The van der Waals surface area contributed by atoms with Crippen LogP contribution in [0.3, 0.4) is 0 Å². The Labute approximate surface area is 190 Å². The van der Waals surface area contributed by atoms with Crippen molar-refractivity contribution in [3.63, 3.8) is 0 Å². The van der Waals surface area contributed by atoms with Gasteiger partial charge in [-0.05, 0) is 47.5 Å². The lowest BCUT2D eigenvalue weighted by molar-refractivity contribution is -0.124. The summed E-state index contributed by atoms with van der Waals surface area (Å²) in [4.78, 5) is 41.8. The molecule has 0 aliphatic carbocycles. The third-order valence-corrected chi connectivity index (χ3v) is 5.99. The third-order valence-electron chi connectivity index (χ3n) is 5.08. The topological polar surface area (TPSA) is 82.3 Å². The first-order valence-electron chi connectivity index (χ1n) is 10.4. The Bertz CT molecular complexity index is 1140. The van der Waals surface area contributed by atoms with E-state index in [2.05, 4.69) is 10.3 Å². The van der Waals surface area contributed by atoms with Crippen molar-refractivity contribution in [1.29, 1.82) is 0 Å². The molecule has 32 heavy (non-hydrogen) atoms. The molecule has 4 rings (SSSR count). The van der Waals surface area contributed by atoms with Gasteiger partial charge in [0.2, 0.25) is 5.91 Å². The predicted molar refractivity (Wildman–Crippen MR) is 127 cm³/mol. The number of carbonyl (C=O) groups is 3. The fraction of sp³-hybridized carbons (Fsp3) is 0.160. The average molecular weight is 446 g/mol. The smallest absolute Gasteiger partial charge is 0.293 e. The van der Waals surface area contributed by atoms with Gasteiger partial charge in [-0.2, -0.15) is 0 Å². The Hall–Kier alpha value is -3.58. The average Bonchev–Trinajstić information content (AvgIpc) is 3.39. The second-order valence-corrected chi connectivity index (χ2v) is 8.35. The van der Waals surface area contributed by atoms with E-state index in [0.717, 1.165) is 34.3 Å². The molecule has 1 fully saturated rings. The van der Waals surface area contributed by atoms with E-state index in [-0.39, 0.29) is 30.1 Å². The van der Waals surface area contributed by atoms with Crippen molar-refractivity contribution in [2.45, 2.75) is 12.8 Å². The van der Waals surface area contributed by atoms with Gasteiger partial charge in [0.1, 0.15) is 0 Å². The molecule has 1 saturated heterocycles. The first-order chi connectivity index (χ1) is 15.6. The molecule has 162 valence electrons. The van der Waals surface area contributed by atoms with Crippen molar-refractivity contribution in [3.8, 4) is 11.3 Å². The van der Waals surface area contributed by atoms with Crippen LogP contribution in [0.2, 0.25) is 0 Å². The largest absolute Gasteiger partial charge is 0.358 e. The number of aromatic nitrogens is 1. The monoisotopic (exact) mass is 445 g/mol. The number of nitrogens with zero attached hydrogens (tertiary/aromatic N) is 1. The van der Waals surface area contributed by atoms with Crippen LogP contribution >= 0.6 is 11.8 Å². The molecule has 3 amide bonds. The highest BCUT2D eigenvalue weighted by Crippen LogP contribution is 2.31. The lowest BCUT2D eigenvalue weighted by Gasteiger charge is -2.12. The number of benzene rings is 2. The summed E-state index contributed by atoms with van der Waals surface area (Å²) in [6, 6.07) is 23.4. The standard InChI is InChI=1S/C25H23N3O3S/c29-23(14-12-20-11-13-21(27-20)19-9-5-2-6-10-19)26-15-16-28-24(30)22(32-25(28)31)17-18-7-3-1-4-8-18/h1-11,13,17,27H,12,14-16H2,(H,26,29)/b22-17+. The first kappa shape index (κ1) is 21.6. The third kappa shape index (κ3) is 5.36. The zero-order valence-electron chi connectivity index (χ0n) is 17.4. The molecule has 2 N–H and O–H groups in total. The van der Waals surface area contributed by atoms with E-state index in [0.29, 0.717) is 17.7 Å². The van der Waals surface area contributed by atoms with Crippen LogP contribution < -0.4 is 5.32 Å². The first-order valence-corrected chi connectivity index (χ1v) is 11.2. The quantitative estimate of drug-likeness (QED) is 0.502. The molecule has 1 aliphatic rings. The zero-order valence-corrected chi connectivity index (χ0v) is 18.2. The Kier molecular flexibility index (Phi) is 6.87. The summed E-state index contributed by atoms with van der Waals surface area (Å²) in [5.74, 6) is -0.439. The number of H-pyrrole nitrogens is 1. The van der Waals surface area contributed by atoms with Crippen LogP contribution in [0.25, 0.3) is 17.3 Å². The summed E-state index contributed by atoms with van der Waals surface area (Å²) >= 11 is 0.925. The van der Waals surface area contributed by atoms with Gasteiger partial charge in [0, 0.05) is 30.9 Å². The molecule has 1 aromatic heterocycles. The normalized spacial score (nSPS) is 14.9. The number of hydrogen-bond acceptors (Lipinski definition) is 4. The summed E-state index contributed by atoms with van der Waals surface area (Å²) in [6.07, 6.45) is 2.62. The van der Waals surface area contributed by atoms with Gasteiger partial charge in [-0.1, -0.05) is 60.7 Å². The minimum Gasteiger partial charge on any atom is -0.358 e. The minimum absolute atomic E-state index is 0.118. The lowest BCUT2D eigenvalue weighted by Crippen LogP contribution is -2.37. The maximum atomic E-state index is 12.5. The van der Waals surface area contributed by atoms with Gasteiger partial charge >= 0.3 is 0 Å². The highest BCUT2D eigenvalue weighted by molar-refractivity contribution is 8.18. The molecule has 0 saturated carbocycles. The summed E-state index contributed by atoms with van der Waals surface area (Å²) in [5.41, 5.74) is 3.97. The molecule has 3 aromatic rings. The van der Waals surface area contributed by atoms with E-state index in [1.54, 1.807) is 6.08 Å². The van der Waals surface area contributed by atoms with Gasteiger partial charge in [-0.25, -0.2) is 0 Å². The summed E-state index contributed by atoms with van der Waals surface area (Å²) in [5, 5.41) is 2.48. The van der Waals surface area contributed by atoms with Crippen LogP contribution in [0.5, 0.6) is 0 Å². The number of imide groups is 1. The van der Waals surface area contributed by atoms with Crippen LogP contribution in [0, 0.1) is 0 Å².